The SMILES string of the molecule is CN(C1=NC(=O)C(=C(Cc2ccc(Cl)cc2C(F)(F)F)c2ccc3[nH]ncc3c2)S1)C1CCNC1. The number of hydrogen-bond acceptors (Lipinski definition) is 5. The van der Waals surface area contributed by atoms with Crippen molar-refractivity contribution in [2.24, 2.45) is 4.99 Å². The molecular formula is C24H21ClF3N5OS. The number of benzene rings is 2. The van der Waals surface area contributed by atoms with Crippen LogP contribution in [0.5, 0.6) is 0 Å². The molecule has 1 atom stereocenters. The maximum Gasteiger partial charge on any atom is 0.416 e. The Morgan fingerprint density at radius 3 is 2.83 bits per heavy atom. The van der Waals surface area contributed by atoms with Crippen LogP contribution in [-0.2, 0) is 17.4 Å². The number of halogens is 4. The van der Waals surface area contributed by atoms with Crippen molar-refractivity contribution in [1.82, 2.24) is 20.4 Å². The van der Waals surface area contributed by atoms with Gasteiger partial charge in [0.05, 0.1) is 22.2 Å². The molecule has 1 aromatic heterocycles. The monoisotopic (exact) mass is 519 g/mol. The Morgan fingerprint density at radius 2 is 2.09 bits per heavy atom. The van der Waals surface area contributed by atoms with Gasteiger partial charge in [-0.2, -0.15) is 23.3 Å². The molecule has 0 spiro atoms. The standard InChI is InChI=1S/C24H21ClF3N5OS/c1-33(17-6-7-29-12-17)23-31-22(34)21(35-23)18(13-3-5-20-15(8-13)11-30-32-20)9-14-2-4-16(25)10-19(14)24(26,27)28/h2-5,8,10-11,17,29H,6-7,9,12H2,1H3,(H,30,32). The number of fused-ring (bicyclic) bond motifs is 1. The fourth-order valence-electron chi connectivity index (χ4n) is 4.36. The van der Waals surface area contributed by atoms with Gasteiger partial charge in [0.15, 0.2) is 5.17 Å². The number of likely N-dealkylation sites (N-methyl/N-ethyl adjacent to an activating group) is 1. The summed E-state index contributed by atoms with van der Waals surface area (Å²) in [6.45, 7) is 1.67. The number of thioether (sulfide) groups is 1. The first-order valence-corrected chi connectivity index (χ1v) is 12.2. The second kappa shape index (κ2) is 9.33. The fourth-order valence-corrected chi connectivity index (χ4v) is 5.59. The molecule has 2 aliphatic rings. The van der Waals surface area contributed by atoms with Crippen LogP contribution in [0, 0.1) is 0 Å². The average molecular weight is 520 g/mol. The van der Waals surface area contributed by atoms with Crippen LogP contribution in [0.25, 0.3) is 16.5 Å². The minimum Gasteiger partial charge on any atom is -0.350 e. The van der Waals surface area contributed by atoms with E-state index in [1.165, 1.54) is 23.9 Å². The van der Waals surface area contributed by atoms with E-state index in [9.17, 15) is 18.0 Å². The number of amidine groups is 1. The third kappa shape index (κ3) is 4.82. The van der Waals surface area contributed by atoms with Crippen LogP contribution in [0.3, 0.4) is 0 Å². The quantitative estimate of drug-likeness (QED) is 0.469. The number of nitrogens with one attached hydrogen (secondary N) is 2. The summed E-state index contributed by atoms with van der Waals surface area (Å²) in [6, 6.07) is 9.32. The lowest BCUT2D eigenvalue weighted by Crippen LogP contribution is -2.36. The molecule has 11 heteroatoms. The molecule has 182 valence electrons. The minimum absolute atomic E-state index is 0.00108. The maximum atomic E-state index is 13.8. The van der Waals surface area contributed by atoms with Gasteiger partial charge in [0.1, 0.15) is 0 Å². The van der Waals surface area contributed by atoms with Gasteiger partial charge >= 0.3 is 6.18 Å². The zero-order valence-electron chi connectivity index (χ0n) is 18.6. The largest absolute Gasteiger partial charge is 0.416 e. The zero-order valence-corrected chi connectivity index (χ0v) is 20.2. The second-order valence-corrected chi connectivity index (χ2v) is 9.93. The molecule has 3 aromatic rings. The lowest BCUT2D eigenvalue weighted by Gasteiger charge is -2.24. The van der Waals surface area contributed by atoms with Crippen LogP contribution < -0.4 is 5.32 Å². The Labute approximate surface area is 208 Å². The fraction of sp³-hybridized carbons (Fsp3) is 0.292. The van der Waals surface area contributed by atoms with Crippen molar-refractivity contribution in [3.8, 4) is 0 Å². The van der Waals surface area contributed by atoms with Gasteiger partial charge in [-0.25, -0.2) is 0 Å². The number of amides is 1. The topological polar surface area (TPSA) is 73.4 Å². The highest BCUT2D eigenvalue weighted by molar-refractivity contribution is 8.18. The Hall–Kier alpha value is -2.82. The lowest BCUT2D eigenvalue weighted by atomic mass is 9.93. The molecule has 0 bridgehead atoms. The Balaban J connectivity index is 1.59. The van der Waals surface area contributed by atoms with Crippen LogP contribution in [0.15, 0.2) is 52.5 Å². The van der Waals surface area contributed by atoms with Crippen molar-refractivity contribution in [1.29, 1.82) is 0 Å². The summed E-state index contributed by atoms with van der Waals surface area (Å²) in [7, 11) is 1.89. The van der Waals surface area contributed by atoms with Gasteiger partial charge in [-0.1, -0.05) is 23.7 Å². The van der Waals surface area contributed by atoms with Crippen molar-refractivity contribution in [3.63, 3.8) is 0 Å². The van der Waals surface area contributed by atoms with Gasteiger partial charge in [0.25, 0.3) is 5.91 Å². The van der Waals surface area contributed by atoms with Crippen molar-refractivity contribution < 1.29 is 18.0 Å². The van der Waals surface area contributed by atoms with E-state index in [-0.39, 0.29) is 23.0 Å². The number of aromatic nitrogens is 2. The van der Waals surface area contributed by atoms with Crippen LogP contribution in [0.1, 0.15) is 23.1 Å². The van der Waals surface area contributed by atoms with Crippen LogP contribution in [-0.4, -0.2) is 52.4 Å². The van der Waals surface area contributed by atoms with E-state index in [4.69, 9.17) is 11.6 Å². The van der Waals surface area contributed by atoms with E-state index < -0.39 is 17.6 Å². The number of aromatic amines is 1. The Morgan fingerprint density at radius 1 is 1.26 bits per heavy atom. The molecule has 1 saturated heterocycles. The van der Waals surface area contributed by atoms with E-state index in [0.29, 0.717) is 21.2 Å². The first kappa shape index (κ1) is 23.9. The van der Waals surface area contributed by atoms with Gasteiger partial charge < -0.3 is 10.2 Å². The van der Waals surface area contributed by atoms with Gasteiger partial charge in [-0.15, -0.1) is 0 Å². The zero-order chi connectivity index (χ0) is 24.7. The summed E-state index contributed by atoms with van der Waals surface area (Å²) in [5.74, 6) is -0.451. The van der Waals surface area contributed by atoms with Gasteiger partial charge in [0.2, 0.25) is 0 Å². The minimum atomic E-state index is -4.59. The second-order valence-electron chi connectivity index (χ2n) is 8.51. The molecule has 0 aliphatic carbocycles. The predicted octanol–water partition coefficient (Wildman–Crippen LogP) is 5.11. The average Bonchev–Trinajstić information content (AvgIpc) is 3.58. The molecule has 2 N–H and O–H groups in total. The number of allylic oxidation sites excluding steroid dienone is 1. The summed E-state index contributed by atoms with van der Waals surface area (Å²) in [4.78, 5) is 19.6. The highest BCUT2D eigenvalue weighted by Gasteiger charge is 2.36. The van der Waals surface area contributed by atoms with E-state index in [2.05, 4.69) is 20.5 Å². The van der Waals surface area contributed by atoms with Crippen molar-refractivity contribution in [3.05, 3.63) is 69.2 Å². The smallest absolute Gasteiger partial charge is 0.350 e. The number of carbonyl (C=O) groups is 1. The molecular weight excluding hydrogens is 499 g/mol. The molecule has 1 amide bonds. The summed E-state index contributed by atoms with van der Waals surface area (Å²) in [5.41, 5.74) is 1.12. The molecule has 2 aliphatic heterocycles. The Bertz CT molecular complexity index is 1360. The number of alkyl halides is 3. The Kier molecular flexibility index (Phi) is 6.37. The van der Waals surface area contributed by atoms with E-state index >= 15 is 0 Å². The summed E-state index contributed by atoms with van der Waals surface area (Å²) >= 11 is 7.09. The van der Waals surface area contributed by atoms with Crippen molar-refractivity contribution in [2.45, 2.75) is 25.1 Å². The molecule has 35 heavy (non-hydrogen) atoms. The molecule has 1 fully saturated rings. The molecule has 0 saturated carbocycles. The van der Waals surface area contributed by atoms with Gasteiger partial charge in [-0.3, -0.25) is 9.89 Å². The normalized spacial score (nSPS) is 20.0. The third-order valence-corrected chi connectivity index (χ3v) is 7.70. The number of carbonyl (C=O) groups excluding carboxylic acids is 1. The van der Waals surface area contributed by atoms with Gasteiger partial charge in [-0.05, 0) is 72.1 Å². The summed E-state index contributed by atoms with van der Waals surface area (Å²) in [5, 5.41) is 11.5. The summed E-state index contributed by atoms with van der Waals surface area (Å²) in [6.07, 6.45) is -2.14. The van der Waals surface area contributed by atoms with Crippen molar-refractivity contribution >= 4 is 50.9 Å². The van der Waals surface area contributed by atoms with E-state index in [1.807, 2.05) is 18.0 Å². The first-order valence-electron chi connectivity index (χ1n) is 11.0. The molecule has 1 unspecified atom stereocenters. The number of nitrogens with zero attached hydrogens (tertiary/aromatic N) is 3. The highest BCUT2D eigenvalue weighted by Crippen LogP contribution is 2.40. The highest BCUT2D eigenvalue weighted by atomic mass is 35.5. The van der Waals surface area contributed by atoms with E-state index in [1.54, 1.807) is 18.3 Å². The molecule has 3 heterocycles. The van der Waals surface area contributed by atoms with Crippen LogP contribution in [0.2, 0.25) is 5.02 Å². The van der Waals surface area contributed by atoms with Crippen LogP contribution >= 0.6 is 23.4 Å². The van der Waals surface area contributed by atoms with Crippen molar-refractivity contribution in [2.75, 3.05) is 20.1 Å². The maximum absolute atomic E-state index is 13.8. The lowest BCUT2D eigenvalue weighted by molar-refractivity contribution is -0.138. The number of rotatable bonds is 4. The third-order valence-electron chi connectivity index (χ3n) is 6.28. The molecule has 2 aromatic carbocycles. The first-order chi connectivity index (χ1) is 16.7. The number of H-pyrrole nitrogens is 1. The molecule has 5 rings (SSSR count). The number of hydrogen-bond donors (Lipinski definition) is 2. The predicted molar refractivity (Wildman–Crippen MR) is 132 cm³/mol. The summed E-state index contributed by atoms with van der Waals surface area (Å²) < 4.78 is 41.5. The molecule has 6 nitrogen and oxygen atoms in total. The molecule has 0 radical (unpaired) electrons. The number of aliphatic imine (C=N–C) groups is 1. The van der Waals surface area contributed by atoms with Crippen LogP contribution in [0.4, 0.5) is 13.2 Å². The van der Waals surface area contributed by atoms with Gasteiger partial charge in [0, 0.05) is 30.0 Å². The van der Waals surface area contributed by atoms with E-state index in [0.717, 1.165) is 36.5 Å².